The van der Waals surface area contributed by atoms with Crippen molar-refractivity contribution < 1.29 is 14.6 Å². The molecule has 0 saturated carbocycles. The molecule has 0 aliphatic rings. The van der Waals surface area contributed by atoms with E-state index in [1.807, 2.05) is 12.1 Å². The first-order chi connectivity index (χ1) is 9.25. The van der Waals surface area contributed by atoms with Gasteiger partial charge >= 0.3 is 0 Å². The average molecular weight is 261 g/mol. The molecule has 6 nitrogen and oxygen atoms in total. The number of anilines is 2. The minimum absolute atomic E-state index is 0.197. The summed E-state index contributed by atoms with van der Waals surface area (Å²) in [6.45, 7) is -0.197. The first-order valence-electron chi connectivity index (χ1n) is 5.68. The van der Waals surface area contributed by atoms with Gasteiger partial charge in [0.05, 0.1) is 14.2 Å². The molecule has 6 heteroatoms. The third-order valence-corrected chi connectivity index (χ3v) is 2.47. The molecule has 2 rings (SSSR count). The van der Waals surface area contributed by atoms with Crippen LogP contribution >= 0.6 is 0 Å². The Morgan fingerprint density at radius 3 is 2.42 bits per heavy atom. The summed E-state index contributed by atoms with van der Waals surface area (Å²) in [7, 11) is 3.18. The third kappa shape index (κ3) is 3.32. The molecule has 0 fully saturated rings. The lowest BCUT2D eigenvalue weighted by Crippen LogP contribution is -2.00. The van der Waals surface area contributed by atoms with Gasteiger partial charge in [0.25, 0.3) is 0 Å². The van der Waals surface area contributed by atoms with Gasteiger partial charge in [-0.2, -0.15) is 0 Å². The van der Waals surface area contributed by atoms with Gasteiger partial charge in [-0.15, -0.1) is 0 Å². The Hall–Kier alpha value is -2.34. The van der Waals surface area contributed by atoms with Crippen molar-refractivity contribution in [3.63, 3.8) is 0 Å². The molecular weight excluding hydrogens is 246 g/mol. The van der Waals surface area contributed by atoms with Crippen LogP contribution in [-0.2, 0) is 6.61 Å². The maximum absolute atomic E-state index is 9.00. The van der Waals surface area contributed by atoms with Crippen LogP contribution in [0, 0.1) is 0 Å². The number of nitrogens with zero attached hydrogens (tertiary/aromatic N) is 2. The Balaban J connectivity index is 2.26. The summed E-state index contributed by atoms with van der Waals surface area (Å²) in [5.41, 5.74) is 0.777. The molecule has 0 saturated heterocycles. The van der Waals surface area contributed by atoms with Crippen molar-refractivity contribution in [1.29, 1.82) is 0 Å². The van der Waals surface area contributed by atoms with Gasteiger partial charge < -0.3 is 19.9 Å². The van der Waals surface area contributed by atoms with Crippen LogP contribution in [0.1, 0.15) is 5.82 Å². The molecule has 0 unspecified atom stereocenters. The summed E-state index contributed by atoms with van der Waals surface area (Å²) in [5.74, 6) is 2.31. The van der Waals surface area contributed by atoms with E-state index in [0.717, 1.165) is 5.69 Å². The first-order valence-corrected chi connectivity index (χ1v) is 5.68. The molecule has 1 aromatic carbocycles. The lowest BCUT2D eigenvalue weighted by Gasteiger charge is -2.10. The Morgan fingerprint density at radius 2 is 1.84 bits per heavy atom. The predicted molar refractivity (Wildman–Crippen MR) is 70.8 cm³/mol. The van der Waals surface area contributed by atoms with Crippen LogP contribution in [0.25, 0.3) is 0 Å². The molecule has 0 radical (unpaired) electrons. The van der Waals surface area contributed by atoms with Crippen LogP contribution in [0.3, 0.4) is 0 Å². The Kier molecular flexibility index (Phi) is 4.15. The van der Waals surface area contributed by atoms with E-state index in [1.54, 1.807) is 32.5 Å². The number of hydrogen-bond donors (Lipinski definition) is 2. The zero-order valence-corrected chi connectivity index (χ0v) is 10.8. The summed E-state index contributed by atoms with van der Waals surface area (Å²) in [6, 6.07) is 7.14. The summed E-state index contributed by atoms with van der Waals surface area (Å²) in [6.07, 6.45) is 1.58. The number of methoxy groups -OCH3 is 2. The highest BCUT2D eigenvalue weighted by molar-refractivity contribution is 5.61. The molecule has 1 heterocycles. The van der Waals surface area contributed by atoms with Gasteiger partial charge in [-0.05, 0) is 6.07 Å². The maximum atomic E-state index is 9.00. The number of rotatable bonds is 5. The molecule has 19 heavy (non-hydrogen) atoms. The highest BCUT2D eigenvalue weighted by Gasteiger charge is 2.04. The number of benzene rings is 1. The summed E-state index contributed by atoms with van der Waals surface area (Å²) < 4.78 is 10.4. The van der Waals surface area contributed by atoms with Gasteiger partial charge in [0.1, 0.15) is 23.9 Å². The minimum Gasteiger partial charge on any atom is -0.497 e. The van der Waals surface area contributed by atoms with Gasteiger partial charge in [-0.1, -0.05) is 0 Å². The van der Waals surface area contributed by atoms with Crippen LogP contribution in [-0.4, -0.2) is 29.3 Å². The van der Waals surface area contributed by atoms with Crippen LogP contribution in [0.2, 0.25) is 0 Å². The van der Waals surface area contributed by atoms with Crippen LogP contribution in [0.4, 0.5) is 11.5 Å². The van der Waals surface area contributed by atoms with E-state index >= 15 is 0 Å². The molecule has 100 valence electrons. The third-order valence-electron chi connectivity index (χ3n) is 2.47. The van der Waals surface area contributed by atoms with Crippen LogP contribution in [0.15, 0.2) is 30.5 Å². The van der Waals surface area contributed by atoms with Crippen molar-refractivity contribution in [1.82, 2.24) is 9.97 Å². The van der Waals surface area contributed by atoms with E-state index in [2.05, 4.69) is 15.3 Å². The zero-order chi connectivity index (χ0) is 13.7. The van der Waals surface area contributed by atoms with Gasteiger partial charge in [-0.3, -0.25) is 0 Å². The summed E-state index contributed by atoms with van der Waals surface area (Å²) in [4.78, 5) is 8.06. The molecular formula is C13H15N3O3. The molecule has 0 amide bonds. The molecule has 2 N–H and O–H groups in total. The normalized spacial score (nSPS) is 10.1. The van der Waals surface area contributed by atoms with E-state index in [0.29, 0.717) is 23.1 Å². The minimum atomic E-state index is -0.197. The topological polar surface area (TPSA) is 76.5 Å². The second-order valence-corrected chi connectivity index (χ2v) is 3.74. The Labute approximate surface area is 111 Å². The molecule has 0 bridgehead atoms. The molecule has 0 atom stereocenters. The zero-order valence-electron chi connectivity index (χ0n) is 10.8. The van der Waals surface area contributed by atoms with Crippen LogP contribution < -0.4 is 14.8 Å². The van der Waals surface area contributed by atoms with Crippen molar-refractivity contribution in [2.24, 2.45) is 0 Å². The lowest BCUT2D eigenvalue weighted by atomic mass is 10.2. The Bertz CT molecular complexity index is 538. The fourth-order valence-corrected chi connectivity index (χ4v) is 1.57. The molecule has 0 spiro atoms. The van der Waals surface area contributed by atoms with E-state index in [9.17, 15) is 0 Å². The quantitative estimate of drug-likeness (QED) is 0.853. The largest absolute Gasteiger partial charge is 0.497 e. The van der Waals surface area contributed by atoms with Crippen molar-refractivity contribution in [3.05, 3.63) is 36.3 Å². The SMILES string of the molecule is COc1cc(Nc2ccnc(CO)n2)cc(OC)c1. The summed E-state index contributed by atoms with van der Waals surface area (Å²) >= 11 is 0. The van der Waals surface area contributed by atoms with Crippen molar-refractivity contribution >= 4 is 11.5 Å². The Morgan fingerprint density at radius 1 is 1.16 bits per heavy atom. The number of ether oxygens (including phenoxy) is 2. The van der Waals surface area contributed by atoms with E-state index in [1.165, 1.54) is 0 Å². The summed E-state index contributed by atoms with van der Waals surface area (Å²) in [5, 5.41) is 12.1. The second kappa shape index (κ2) is 6.01. The number of nitrogens with one attached hydrogen (secondary N) is 1. The molecule has 2 aromatic rings. The van der Waals surface area contributed by atoms with Crippen molar-refractivity contribution in [2.75, 3.05) is 19.5 Å². The first kappa shape index (κ1) is 13.1. The van der Waals surface area contributed by atoms with Crippen LogP contribution in [0.5, 0.6) is 11.5 Å². The number of aliphatic hydroxyl groups is 1. The van der Waals surface area contributed by atoms with Gasteiger partial charge in [0, 0.05) is 30.1 Å². The van der Waals surface area contributed by atoms with Gasteiger partial charge in [-0.25, -0.2) is 9.97 Å². The standard InChI is InChI=1S/C13H15N3O3/c1-18-10-5-9(6-11(7-10)19-2)15-12-3-4-14-13(8-17)16-12/h3-7,17H,8H2,1-2H3,(H,14,15,16). The fraction of sp³-hybridized carbons (Fsp3) is 0.231. The second-order valence-electron chi connectivity index (χ2n) is 3.74. The molecule has 1 aromatic heterocycles. The van der Waals surface area contributed by atoms with E-state index in [-0.39, 0.29) is 6.61 Å². The van der Waals surface area contributed by atoms with Gasteiger partial charge in [0.15, 0.2) is 5.82 Å². The number of aromatic nitrogens is 2. The van der Waals surface area contributed by atoms with Crippen molar-refractivity contribution in [3.8, 4) is 11.5 Å². The number of hydrogen-bond acceptors (Lipinski definition) is 6. The lowest BCUT2D eigenvalue weighted by molar-refractivity contribution is 0.271. The highest BCUT2D eigenvalue weighted by Crippen LogP contribution is 2.27. The highest BCUT2D eigenvalue weighted by atomic mass is 16.5. The van der Waals surface area contributed by atoms with Crippen molar-refractivity contribution in [2.45, 2.75) is 6.61 Å². The molecule has 0 aliphatic heterocycles. The molecule has 0 aliphatic carbocycles. The monoisotopic (exact) mass is 261 g/mol. The maximum Gasteiger partial charge on any atom is 0.156 e. The fourth-order valence-electron chi connectivity index (χ4n) is 1.57. The smallest absolute Gasteiger partial charge is 0.156 e. The predicted octanol–water partition coefficient (Wildman–Crippen LogP) is 1.73. The average Bonchev–Trinajstić information content (AvgIpc) is 2.47. The van der Waals surface area contributed by atoms with Gasteiger partial charge in [0.2, 0.25) is 0 Å². The van der Waals surface area contributed by atoms with E-state index < -0.39 is 0 Å². The van der Waals surface area contributed by atoms with E-state index in [4.69, 9.17) is 14.6 Å². The number of aliphatic hydroxyl groups excluding tert-OH is 1.